The lowest BCUT2D eigenvalue weighted by Crippen LogP contribution is -2.26. The van der Waals surface area contributed by atoms with E-state index in [2.05, 4.69) is 10.0 Å². The summed E-state index contributed by atoms with van der Waals surface area (Å²) in [6.45, 7) is 0. The van der Waals surface area contributed by atoms with Crippen LogP contribution in [0.4, 0.5) is 4.39 Å². The number of halogens is 2. The quantitative estimate of drug-likeness (QED) is 0.313. The van der Waals surface area contributed by atoms with Crippen LogP contribution in [-0.2, 0) is 6.42 Å². The number of hydrogen-bond donors (Lipinski definition) is 0. The molecule has 0 N–H and O–H groups in total. The topological polar surface area (TPSA) is 65.8 Å². The van der Waals surface area contributed by atoms with Gasteiger partial charge in [0.2, 0.25) is 5.78 Å². The van der Waals surface area contributed by atoms with Gasteiger partial charge in [-0.05, 0) is 34.4 Å². The van der Waals surface area contributed by atoms with Crippen molar-refractivity contribution < 1.29 is 9.18 Å². The standard InChI is InChI=1S/C9H5ClFN3O/c10-6-1-2-7-5(3-6)4-9(11,8(7)15)13-14-12/h1-3H,4H2. The minimum absolute atomic E-state index is 0.231. The van der Waals surface area contributed by atoms with Crippen LogP contribution in [0.1, 0.15) is 15.9 Å². The maximum Gasteiger partial charge on any atom is 0.255 e. The summed E-state index contributed by atoms with van der Waals surface area (Å²) in [6, 6.07) is 4.44. The third kappa shape index (κ3) is 1.46. The van der Waals surface area contributed by atoms with Crippen molar-refractivity contribution in [2.45, 2.75) is 12.2 Å². The summed E-state index contributed by atoms with van der Waals surface area (Å²) < 4.78 is 13.8. The lowest BCUT2D eigenvalue weighted by molar-refractivity contribution is 0.0735. The first-order valence-corrected chi connectivity index (χ1v) is 4.53. The van der Waals surface area contributed by atoms with Gasteiger partial charge in [-0.25, -0.2) is 4.39 Å². The monoisotopic (exact) mass is 225 g/mol. The minimum atomic E-state index is -2.48. The molecule has 2 rings (SSSR count). The van der Waals surface area contributed by atoms with Crippen LogP contribution >= 0.6 is 11.6 Å². The molecule has 1 atom stereocenters. The number of nitrogens with zero attached hydrogens (tertiary/aromatic N) is 3. The Hall–Kier alpha value is -1.58. The van der Waals surface area contributed by atoms with Gasteiger partial charge < -0.3 is 0 Å². The van der Waals surface area contributed by atoms with Crippen molar-refractivity contribution in [2.24, 2.45) is 5.11 Å². The second-order valence-electron chi connectivity index (χ2n) is 3.26. The Bertz CT molecular complexity index is 498. The molecule has 6 heteroatoms. The summed E-state index contributed by atoms with van der Waals surface area (Å²) in [7, 11) is 0. The molecular weight excluding hydrogens is 221 g/mol. The van der Waals surface area contributed by atoms with Gasteiger partial charge in [0.25, 0.3) is 5.79 Å². The first-order valence-electron chi connectivity index (χ1n) is 4.15. The van der Waals surface area contributed by atoms with Crippen LogP contribution in [0.25, 0.3) is 10.4 Å². The number of hydrogen-bond acceptors (Lipinski definition) is 2. The molecule has 0 heterocycles. The van der Waals surface area contributed by atoms with E-state index in [4.69, 9.17) is 17.1 Å². The number of fused-ring (bicyclic) bond motifs is 1. The number of ketones is 1. The van der Waals surface area contributed by atoms with E-state index in [-0.39, 0.29) is 12.0 Å². The van der Waals surface area contributed by atoms with Gasteiger partial charge in [-0.2, -0.15) is 0 Å². The predicted octanol–water partition coefficient (Wildman–Crippen LogP) is 3.05. The van der Waals surface area contributed by atoms with Crippen LogP contribution in [-0.4, -0.2) is 11.6 Å². The zero-order chi connectivity index (χ0) is 11.1. The highest BCUT2D eigenvalue weighted by molar-refractivity contribution is 6.30. The molecule has 1 aromatic carbocycles. The molecule has 0 saturated carbocycles. The third-order valence-corrected chi connectivity index (χ3v) is 2.52. The first kappa shape index (κ1) is 9.96. The lowest BCUT2D eigenvalue weighted by Gasteiger charge is -2.07. The van der Waals surface area contributed by atoms with Crippen LogP contribution < -0.4 is 0 Å². The first-order chi connectivity index (χ1) is 7.07. The van der Waals surface area contributed by atoms with E-state index in [0.29, 0.717) is 10.6 Å². The number of benzene rings is 1. The molecule has 0 aromatic heterocycles. The number of azide groups is 1. The average molecular weight is 226 g/mol. The Morgan fingerprint density at radius 3 is 3.00 bits per heavy atom. The predicted molar refractivity (Wildman–Crippen MR) is 52.5 cm³/mol. The van der Waals surface area contributed by atoms with Crippen LogP contribution in [0.2, 0.25) is 5.02 Å². The number of carbonyl (C=O) groups is 1. The molecule has 1 aromatic rings. The second kappa shape index (κ2) is 3.22. The average Bonchev–Trinajstić information content (AvgIpc) is 2.39. The Morgan fingerprint density at radius 2 is 2.33 bits per heavy atom. The molecule has 0 radical (unpaired) electrons. The van der Waals surface area contributed by atoms with Crippen molar-refractivity contribution >= 4 is 17.4 Å². The molecule has 0 spiro atoms. The van der Waals surface area contributed by atoms with Gasteiger partial charge in [-0.15, -0.1) is 0 Å². The summed E-state index contributed by atoms with van der Waals surface area (Å²) in [6.07, 6.45) is -0.244. The summed E-state index contributed by atoms with van der Waals surface area (Å²) in [5.41, 5.74) is 8.89. The van der Waals surface area contributed by atoms with Crippen molar-refractivity contribution in [3.05, 3.63) is 44.8 Å². The molecule has 76 valence electrons. The maximum absolute atomic E-state index is 13.8. The maximum atomic E-state index is 13.8. The van der Waals surface area contributed by atoms with Gasteiger partial charge in [0.15, 0.2) is 0 Å². The molecule has 15 heavy (non-hydrogen) atoms. The smallest absolute Gasteiger partial charge is 0.255 e. The van der Waals surface area contributed by atoms with Crippen molar-refractivity contribution in [1.82, 2.24) is 0 Å². The minimum Gasteiger partial charge on any atom is -0.290 e. The van der Waals surface area contributed by atoms with Crippen molar-refractivity contribution in [1.29, 1.82) is 0 Å². The number of alkyl halides is 1. The van der Waals surface area contributed by atoms with Crippen LogP contribution in [0.3, 0.4) is 0 Å². The van der Waals surface area contributed by atoms with Gasteiger partial charge >= 0.3 is 0 Å². The van der Waals surface area contributed by atoms with Crippen LogP contribution in [0, 0.1) is 0 Å². The zero-order valence-corrected chi connectivity index (χ0v) is 8.20. The van der Waals surface area contributed by atoms with E-state index in [9.17, 15) is 9.18 Å². The summed E-state index contributed by atoms with van der Waals surface area (Å²) in [5.74, 6) is -3.28. The van der Waals surface area contributed by atoms with E-state index in [1.165, 1.54) is 18.2 Å². The molecule has 0 saturated heterocycles. The zero-order valence-electron chi connectivity index (χ0n) is 7.44. The Labute approximate surface area is 89.3 Å². The van der Waals surface area contributed by atoms with Gasteiger partial charge in [-0.1, -0.05) is 11.6 Å². The summed E-state index contributed by atoms with van der Waals surface area (Å²) >= 11 is 5.70. The van der Waals surface area contributed by atoms with E-state index in [1.807, 2.05) is 0 Å². The molecule has 0 fully saturated rings. The Balaban J connectivity index is 2.54. The summed E-state index contributed by atoms with van der Waals surface area (Å²) in [4.78, 5) is 13.9. The fourth-order valence-electron chi connectivity index (χ4n) is 1.62. The summed E-state index contributed by atoms with van der Waals surface area (Å²) in [5, 5.41) is 3.33. The fraction of sp³-hybridized carbons (Fsp3) is 0.222. The highest BCUT2D eigenvalue weighted by atomic mass is 35.5. The molecule has 0 amide bonds. The Morgan fingerprint density at radius 1 is 1.60 bits per heavy atom. The molecule has 1 unspecified atom stereocenters. The number of rotatable bonds is 1. The molecule has 0 aliphatic heterocycles. The van der Waals surface area contributed by atoms with Gasteiger partial charge in [0.1, 0.15) is 0 Å². The SMILES string of the molecule is [N-]=[N+]=NC1(F)Cc2cc(Cl)ccc2C1=O. The van der Waals surface area contributed by atoms with Crippen LogP contribution in [0.15, 0.2) is 23.3 Å². The van der Waals surface area contributed by atoms with Crippen molar-refractivity contribution in [2.75, 3.05) is 0 Å². The van der Waals surface area contributed by atoms with E-state index >= 15 is 0 Å². The van der Waals surface area contributed by atoms with Crippen molar-refractivity contribution in [3.63, 3.8) is 0 Å². The second-order valence-corrected chi connectivity index (χ2v) is 3.69. The number of carbonyl (C=O) groups excluding carboxylic acids is 1. The van der Waals surface area contributed by atoms with Gasteiger partial charge in [0, 0.05) is 21.9 Å². The van der Waals surface area contributed by atoms with Crippen molar-refractivity contribution in [3.8, 4) is 0 Å². The van der Waals surface area contributed by atoms with Gasteiger partial charge in [-0.3, -0.25) is 4.79 Å². The van der Waals surface area contributed by atoms with E-state index in [1.54, 1.807) is 0 Å². The molecule has 1 aliphatic carbocycles. The highest BCUT2D eigenvalue weighted by Gasteiger charge is 2.45. The van der Waals surface area contributed by atoms with E-state index in [0.717, 1.165) is 0 Å². The molecule has 4 nitrogen and oxygen atoms in total. The number of Topliss-reactive ketones (excluding diaryl/α,β-unsaturated/α-hetero) is 1. The third-order valence-electron chi connectivity index (χ3n) is 2.29. The van der Waals surface area contributed by atoms with Crippen LogP contribution in [0.5, 0.6) is 0 Å². The van der Waals surface area contributed by atoms with E-state index < -0.39 is 11.6 Å². The lowest BCUT2D eigenvalue weighted by atomic mass is 10.1. The molecular formula is C9H5ClFN3O. The fourth-order valence-corrected chi connectivity index (χ4v) is 1.82. The highest BCUT2D eigenvalue weighted by Crippen LogP contribution is 2.35. The molecule has 0 bridgehead atoms. The van der Waals surface area contributed by atoms with Gasteiger partial charge in [0.05, 0.1) is 0 Å². The Kier molecular flexibility index (Phi) is 2.14. The molecule has 1 aliphatic rings. The largest absolute Gasteiger partial charge is 0.290 e. The normalized spacial score (nSPS) is 23.5.